The van der Waals surface area contributed by atoms with Crippen LogP contribution in [0.3, 0.4) is 0 Å². The number of hydrogen-bond donors (Lipinski definition) is 0. The molecule has 6 nitrogen and oxygen atoms in total. The Morgan fingerprint density at radius 2 is 1.92 bits per heavy atom. The molecule has 0 atom stereocenters. The zero-order chi connectivity index (χ0) is 17.1. The first-order valence-corrected chi connectivity index (χ1v) is 9.06. The predicted molar refractivity (Wildman–Crippen MR) is 91.2 cm³/mol. The maximum atomic E-state index is 12.6. The van der Waals surface area contributed by atoms with Crippen LogP contribution in [0.25, 0.3) is 0 Å². The molecular formula is C18H28N4O2. The summed E-state index contributed by atoms with van der Waals surface area (Å²) in [5.74, 6) is 0.912. The van der Waals surface area contributed by atoms with Crippen molar-refractivity contribution < 1.29 is 9.59 Å². The molecule has 1 saturated heterocycles. The monoisotopic (exact) mass is 332 g/mol. The molecule has 2 aliphatic rings. The van der Waals surface area contributed by atoms with Crippen molar-refractivity contribution in [2.75, 3.05) is 26.7 Å². The predicted octanol–water partition coefficient (Wildman–Crippen LogP) is 1.46. The van der Waals surface area contributed by atoms with Crippen molar-refractivity contribution in [1.29, 1.82) is 0 Å². The summed E-state index contributed by atoms with van der Waals surface area (Å²) in [5, 5.41) is 4.16. The lowest BCUT2D eigenvalue weighted by molar-refractivity contribution is -0.140. The van der Waals surface area contributed by atoms with Crippen LogP contribution in [-0.4, -0.2) is 58.1 Å². The second kappa shape index (κ2) is 7.36. The van der Waals surface area contributed by atoms with Crippen molar-refractivity contribution >= 4 is 11.8 Å². The second-order valence-corrected chi connectivity index (χ2v) is 7.26. The Labute approximate surface area is 143 Å². The molecule has 0 unspecified atom stereocenters. The molecular weight excluding hydrogens is 304 g/mol. The molecule has 1 saturated carbocycles. The number of rotatable bonds is 6. The minimum Gasteiger partial charge on any atom is -0.346 e. The molecule has 0 N–H and O–H groups in total. The second-order valence-electron chi connectivity index (χ2n) is 7.26. The van der Waals surface area contributed by atoms with E-state index < -0.39 is 0 Å². The summed E-state index contributed by atoms with van der Waals surface area (Å²) in [5.41, 5.74) is 1.21. The standard InChI is InChI=1S/C18H28N4O2/c1-20(9-3-4-14-12-19-21(2)13-14)17(23)16-7-10-22(11-8-16)18(24)15-5-6-15/h12-13,15-16H,3-11H2,1-2H3. The summed E-state index contributed by atoms with van der Waals surface area (Å²) >= 11 is 0. The largest absolute Gasteiger partial charge is 0.346 e. The molecule has 6 heteroatoms. The SMILES string of the molecule is CN(CCCc1cnn(C)c1)C(=O)C1CCN(C(=O)C2CC2)CC1. The first kappa shape index (κ1) is 17.0. The van der Waals surface area contributed by atoms with Gasteiger partial charge in [-0.1, -0.05) is 0 Å². The molecule has 0 aromatic carbocycles. The van der Waals surface area contributed by atoms with E-state index in [-0.39, 0.29) is 17.7 Å². The van der Waals surface area contributed by atoms with Gasteiger partial charge < -0.3 is 9.80 Å². The number of hydrogen-bond acceptors (Lipinski definition) is 3. The van der Waals surface area contributed by atoms with Gasteiger partial charge in [0.1, 0.15) is 0 Å². The number of amides is 2. The number of carbonyl (C=O) groups excluding carboxylic acids is 2. The molecule has 24 heavy (non-hydrogen) atoms. The molecule has 1 aliphatic heterocycles. The molecule has 0 radical (unpaired) electrons. The van der Waals surface area contributed by atoms with E-state index in [1.807, 2.05) is 36.3 Å². The van der Waals surface area contributed by atoms with Crippen LogP contribution in [0.1, 0.15) is 37.7 Å². The van der Waals surface area contributed by atoms with Gasteiger partial charge >= 0.3 is 0 Å². The smallest absolute Gasteiger partial charge is 0.225 e. The van der Waals surface area contributed by atoms with E-state index in [9.17, 15) is 9.59 Å². The summed E-state index contributed by atoms with van der Waals surface area (Å²) < 4.78 is 1.81. The third-order valence-corrected chi connectivity index (χ3v) is 5.18. The summed E-state index contributed by atoms with van der Waals surface area (Å²) in [4.78, 5) is 28.5. The molecule has 0 spiro atoms. The van der Waals surface area contributed by atoms with Gasteiger partial charge in [0, 0.05) is 51.8 Å². The average molecular weight is 332 g/mol. The van der Waals surface area contributed by atoms with Crippen molar-refractivity contribution in [2.45, 2.75) is 38.5 Å². The first-order chi connectivity index (χ1) is 11.5. The van der Waals surface area contributed by atoms with Gasteiger partial charge in [-0.3, -0.25) is 14.3 Å². The molecule has 0 bridgehead atoms. The van der Waals surface area contributed by atoms with E-state index in [0.29, 0.717) is 5.91 Å². The fourth-order valence-corrected chi connectivity index (χ4v) is 3.48. The van der Waals surface area contributed by atoms with Crippen molar-refractivity contribution in [2.24, 2.45) is 18.9 Å². The first-order valence-electron chi connectivity index (χ1n) is 9.06. The Kier molecular flexibility index (Phi) is 5.21. The van der Waals surface area contributed by atoms with Crippen molar-refractivity contribution in [3.05, 3.63) is 18.0 Å². The number of likely N-dealkylation sites (tertiary alicyclic amines) is 1. The van der Waals surface area contributed by atoms with Crippen LogP contribution in [-0.2, 0) is 23.1 Å². The zero-order valence-electron chi connectivity index (χ0n) is 14.8. The molecule has 2 heterocycles. The minimum absolute atomic E-state index is 0.0802. The van der Waals surface area contributed by atoms with Gasteiger partial charge in [0.25, 0.3) is 0 Å². The summed E-state index contributed by atoms with van der Waals surface area (Å²) in [6.45, 7) is 2.26. The van der Waals surface area contributed by atoms with Crippen LogP contribution in [0, 0.1) is 11.8 Å². The van der Waals surface area contributed by atoms with Crippen LogP contribution in [0.4, 0.5) is 0 Å². The fraction of sp³-hybridized carbons (Fsp3) is 0.722. The van der Waals surface area contributed by atoms with Gasteiger partial charge in [-0.05, 0) is 44.1 Å². The van der Waals surface area contributed by atoms with Crippen LogP contribution >= 0.6 is 0 Å². The maximum absolute atomic E-state index is 12.6. The maximum Gasteiger partial charge on any atom is 0.225 e. The van der Waals surface area contributed by atoms with Crippen LogP contribution in [0.15, 0.2) is 12.4 Å². The Balaban J connectivity index is 1.38. The molecule has 2 amide bonds. The zero-order valence-corrected chi connectivity index (χ0v) is 14.8. The quantitative estimate of drug-likeness (QED) is 0.792. The van der Waals surface area contributed by atoms with Crippen LogP contribution in [0.5, 0.6) is 0 Å². The van der Waals surface area contributed by atoms with E-state index in [2.05, 4.69) is 5.10 Å². The molecule has 1 aliphatic carbocycles. The van der Waals surface area contributed by atoms with E-state index in [1.54, 1.807) is 4.68 Å². The summed E-state index contributed by atoms with van der Waals surface area (Å²) in [6.07, 6.45) is 9.53. The van der Waals surface area contributed by atoms with Crippen molar-refractivity contribution in [1.82, 2.24) is 19.6 Å². The third-order valence-electron chi connectivity index (χ3n) is 5.18. The van der Waals surface area contributed by atoms with Crippen molar-refractivity contribution in [3.8, 4) is 0 Å². The lowest BCUT2D eigenvalue weighted by Gasteiger charge is -2.33. The summed E-state index contributed by atoms with van der Waals surface area (Å²) in [6, 6.07) is 0. The van der Waals surface area contributed by atoms with Gasteiger partial charge in [0.05, 0.1) is 6.20 Å². The van der Waals surface area contributed by atoms with E-state index in [0.717, 1.165) is 58.2 Å². The highest BCUT2D eigenvalue weighted by Crippen LogP contribution is 2.32. The lowest BCUT2D eigenvalue weighted by Crippen LogP contribution is -2.44. The highest BCUT2D eigenvalue weighted by Gasteiger charge is 2.36. The minimum atomic E-state index is 0.0802. The fourth-order valence-electron chi connectivity index (χ4n) is 3.48. The molecule has 3 rings (SSSR count). The van der Waals surface area contributed by atoms with Crippen molar-refractivity contribution in [3.63, 3.8) is 0 Å². The highest BCUT2D eigenvalue weighted by atomic mass is 16.2. The Morgan fingerprint density at radius 1 is 1.21 bits per heavy atom. The van der Waals surface area contributed by atoms with Gasteiger partial charge in [-0.15, -0.1) is 0 Å². The number of piperidine rings is 1. The third kappa shape index (κ3) is 4.16. The molecule has 2 fully saturated rings. The molecule has 132 valence electrons. The van der Waals surface area contributed by atoms with Crippen LogP contribution in [0.2, 0.25) is 0 Å². The highest BCUT2D eigenvalue weighted by molar-refractivity contribution is 5.82. The Bertz CT molecular complexity index is 586. The topological polar surface area (TPSA) is 58.4 Å². The Morgan fingerprint density at radius 3 is 2.50 bits per heavy atom. The van der Waals surface area contributed by atoms with Gasteiger partial charge in [-0.25, -0.2) is 0 Å². The number of aryl methyl sites for hydroxylation is 2. The molecule has 1 aromatic rings. The van der Waals surface area contributed by atoms with Crippen LogP contribution < -0.4 is 0 Å². The molecule has 1 aromatic heterocycles. The number of aromatic nitrogens is 2. The van der Waals surface area contributed by atoms with E-state index in [1.165, 1.54) is 5.56 Å². The number of carbonyl (C=O) groups is 2. The van der Waals surface area contributed by atoms with E-state index >= 15 is 0 Å². The summed E-state index contributed by atoms with van der Waals surface area (Å²) in [7, 11) is 3.81. The van der Waals surface area contributed by atoms with Gasteiger partial charge in [0.2, 0.25) is 11.8 Å². The normalized spacial score (nSPS) is 18.7. The van der Waals surface area contributed by atoms with Gasteiger partial charge in [0.15, 0.2) is 0 Å². The van der Waals surface area contributed by atoms with Gasteiger partial charge in [-0.2, -0.15) is 5.10 Å². The van der Waals surface area contributed by atoms with E-state index in [4.69, 9.17) is 0 Å². The lowest BCUT2D eigenvalue weighted by atomic mass is 9.95. The average Bonchev–Trinajstić information content (AvgIpc) is 3.36. The number of nitrogens with zero attached hydrogens (tertiary/aromatic N) is 4. The Hall–Kier alpha value is -1.85.